The van der Waals surface area contributed by atoms with Gasteiger partial charge in [-0.25, -0.2) is 0 Å². The molecule has 3 nitrogen and oxygen atoms in total. The van der Waals surface area contributed by atoms with E-state index in [9.17, 15) is 0 Å². The average molecular weight is 688 g/mol. The molecule has 0 aliphatic heterocycles. The van der Waals surface area contributed by atoms with Crippen molar-refractivity contribution < 1.29 is 0 Å². The van der Waals surface area contributed by atoms with Gasteiger partial charge in [-0.05, 0) is 105 Å². The molecule has 12 rings (SSSR count). The van der Waals surface area contributed by atoms with Crippen molar-refractivity contribution in [3.63, 3.8) is 0 Å². The van der Waals surface area contributed by atoms with Gasteiger partial charge in [0.1, 0.15) is 0 Å². The van der Waals surface area contributed by atoms with Crippen LogP contribution >= 0.6 is 0 Å². The second kappa shape index (κ2) is 11.3. The molecule has 0 saturated heterocycles. The topological polar surface area (TPSA) is 22.8 Å². The molecule has 6 aromatic carbocycles. The first-order valence-corrected chi connectivity index (χ1v) is 18.8. The first-order chi connectivity index (χ1) is 26.8. The molecular formula is C51H33N3. The van der Waals surface area contributed by atoms with Gasteiger partial charge in [-0.3, -0.25) is 4.98 Å². The van der Waals surface area contributed by atoms with Crippen molar-refractivity contribution in [2.24, 2.45) is 5.92 Å². The molecule has 0 radical (unpaired) electrons. The van der Waals surface area contributed by atoms with Crippen LogP contribution in [0, 0.1) is 5.92 Å². The molecule has 2 atom stereocenters. The summed E-state index contributed by atoms with van der Waals surface area (Å²) < 4.78 is 4.90. The van der Waals surface area contributed by atoms with E-state index in [-0.39, 0.29) is 0 Å². The standard InChI is InChI=1S/C51H33N3/c1-2-10-32(11-3-1)33-12-8-13-36(28-33)53-46-18-6-4-14-38(46)43-29-34(20-23-49(43)53)35-21-24-50-44(30-35)39-15-5-7-19-47(39)54(50)48-25-22-41-37-26-27-52-31-45(37)40-16-9-17-42(48)51(40)41/h1-31,40,51H. The van der Waals surface area contributed by atoms with Crippen LogP contribution in [0.15, 0.2) is 194 Å². The van der Waals surface area contributed by atoms with Crippen LogP contribution in [-0.2, 0) is 0 Å². The quantitative estimate of drug-likeness (QED) is 0.181. The van der Waals surface area contributed by atoms with Crippen LogP contribution in [0.1, 0.15) is 17.0 Å². The Morgan fingerprint density at radius 3 is 1.89 bits per heavy atom. The molecule has 54 heavy (non-hydrogen) atoms. The van der Waals surface area contributed by atoms with Gasteiger partial charge in [-0.15, -0.1) is 0 Å². The molecule has 0 N–H and O–H groups in total. The first kappa shape index (κ1) is 29.6. The smallest absolute Gasteiger partial charge is 0.0541 e. The van der Waals surface area contributed by atoms with Crippen molar-refractivity contribution in [1.82, 2.24) is 14.1 Å². The maximum Gasteiger partial charge on any atom is 0.0541 e. The zero-order chi connectivity index (χ0) is 35.3. The van der Waals surface area contributed by atoms with Crippen LogP contribution in [0.25, 0.3) is 82.8 Å². The summed E-state index contributed by atoms with van der Waals surface area (Å²) in [7, 11) is 0. The molecule has 3 aliphatic rings. The Labute approximate surface area is 312 Å². The number of aromatic nitrogens is 3. The number of hydrogen-bond donors (Lipinski definition) is 0. The fourth-order valence-electron chi connectivity index (χ4n) is 9.64. The van der Waals surface area contributed by atoms with E-state index in [0.29, 0.717) is 11.8 Å². The normalized spacial score (nSPS) is 17.1. The lowest BCUT2D eigenvalue weighted by atomic mass is 9.77. The summed E-state index contributed by atoms with van der Waals surface area (Å²) in [5.74, 6) is 0.622. The lowest BCUT2D eigenvalue weighted by Gasteiger charge is -2.30. The number of fused-ring (bicyclic) bond motifs is 9. The summed E-state index contributed by atoms with van der Waals surface area (Å²) in [5, 5.41) is 5.04. The maximum atomic E-state index is 4.50. The van der Waals surface area contributed by atoms with Crippen molar-refractivity contribution in [2.45, 2.75) is 5.92 Å². The van der Waals surface area contributed by atoms with Crippen LogP contribution in [0.5, 0.6) is 0 Å². The van der Waals surface area contributed by atoms with Gasteiger partial charge in [0.15, 0.2) is 0 Å². The molecule has 3 heteroatoms. The van der Waals surface area contributed by atoms with Gasteiger partial charge in [0.05, 0.1) is 27.8 Å². The Bertz CT molecular complexity index is 3160. The highest BCUT2D eigenvalue weighted by molar-refractivity contribution is 6.14. The third-order valence-electron chi connectivity index (χ3n) is 12.0. The maximum absolute atomic E-state index is 4.50. The highest BCUT2D eigenvalue weighted by atomic mass is 15.0. The lowest BCUT2D eigenvalue weighted by Crippen LogP contribution is -2.17. The van der Waals surface area contributed by atoms with E-state index >= 15 is 0 Å². The van der Waals surface area contributed by atoms with Crippen LogP contribution in [0.4, 0.5) is 0 Å². The summed E-state index contributed by atoms with van der Waals surface area (Å²) in [6.45, 7) is 0. The van der Waals surface area contributed by atoms with Crippen molar-refractivity contribution in [3.8, 4) is 27.9 Å². The fourth-order valence-corrected chi connectivity index (χ4v) is 9.64. The zero-order valence-electron chi connectivity index (χ0n) is 29.4. The minimum Gasteiger partial charge on any atom is -0.309 e. The van der Waals surface area contributed by atoms with Crippen LogP contribution in [0.3, 0.4) is 0 Å². The van der Waals surface area contributed by atoms with Crippen molar-refractivity contribution >= 4 is 54.9 Å². The molecule has 0 amide bonds. The Balaban J connectivity index is 1.01. The number of allylic oxidation sites excluding steroid dienone is 8. The lowest BCUT2D eigenvalue weighted by molar-refractivity contribution is 0.717. The van der Waals surface area contributed by atoms with Crippen LogP contribution in [0.2, 0.25) is 0 Å². The number of hydrogen-bond acceptors (Lipinski definition) is 1. The van der Waals surface area contributed by atoms with Crippen molar-refractivity contribution in [3.05, 3.63) is 205 Å². The van der Waals surface area contributed by atoms with E-state index in [1.165, 1.54) is 93.8 Å². The zero-order valence-corrected chi connectivity index (χ0v) is 29.4. The van der Waals surface area contributed by atoms with Gasteiger partial charge in [-0.1, -0.05) is 115 Å². The van der Waals surface area contributed by atoms with E-state index in [1.54, 1.807) is 0 Å². The monoisotopic (exact) mass is 687 g/mol. The number of nitrogens with zero attached hydrogens (tertiary/aromatic N) is 3. The average Bonchev–Trinajstić information content (AvgIpc) is 3.87. The summed E-state index contributed by atoms with van der Waals surface area (Å²) >= 11 is 0. The Morgan fingerprint density at radius 2 is 1.11 bits per heavy atom. The van der Waals surface area contributed by atoms with Gasteiger partial charge in [0.25, 0.3) is 0 Å². The molecule has 3 heterocycles. The van der Waals surface area contributed by atoms with Crippen LogP contribution in [-0.4, -0.2) is 14.1 Å². The van der Waals surface area contributed by atoms with Gasteiger partial charge in [0, 0.05) is 51.5 Å². The molecule has 3 aliphatic carbocycles. The predicted molar refractivity (Wildman–Crippen MR) is 225 cm³/mol. The molecule has 3 aromatic heterocycles. The van der Waals surface area contributed by atoms with Gasteiger partial charge in [-0.2, -0.15) is 0 Å². The predicted octanol–water partition coefficient (Wildman–Crippen LogP) is 12.8. The first-order valence-electron chi connectivity index (χ1n) is 18.8. The minimum absolute atomic E-state index is 0.305. The van der Waals surface area contributed by atoms with Gasteiger partial charge in [0.2, 0.25) is 0 Å². The Morgan fingerprint density at radius 1 is 0.463 bits per heavy atom. The Hall–Kier alpha value is -6.97. The summed E-state index contributed by atoms with van der Waals surface area (Å²) in [4.78, 5) is 4.50. The molecule has 0 spiro atoms. The highest BCUT2D eigenvalue weighted by Gasteiger charge is 2.41. The molecule has 252 valence electrons. The third-order valence-corrected chi connectivity index (χ3v) is 12.0. The van der Waals surface area contributed by atoms with E-state index in [0.717, 1.165) is 5.69 Å². The molecule has 0 fully saturated rings. The number of rotatable bonds is 4. The minimum atomic E-state index is 0.305. The highest BCUT2D eigenvalue weighted by Crippen LogP contribution is 2.56. The third kappa shape index (κ3) is 4.15. The molecule has 0 bridgehead atoms. The van der Waals surface area contributed by atoms with Crippen LogP contribution < -0.4 is 0 Å². The van der Waals surface area contributed by atoms with Gasteiger partial charge < -0.3 is 9.13 Å². The van der Waals surface area contributed by atoms with Gasteiger partial charge >= 0.3 is 0 Å². The largest absolute Gasteiger partial charge is 0.309 e. The van der Waals surface area contributed by atoms with Crippen molar-refractivity contribution in [2.75, 3.05) is 0 Å². The number of para-hydroxylation sites is 2. The number of pyridine rings is 1. The fraction of sp³-hybridized carbons (Fsp3) is 0.0392. The number of benzene rings is 6. The van der Waals surface area contributed by atoms with E-state index in [2.05, 4.69) is 196 Å². The molecule has 0 saturated carbocycles. The molecule has 2 unspecified atom stereocenters. The molecule has 9 aromatic rings. The van der Waals surface area contributed by atoms with Crippen molar-refractivity contribution in [1.29, 1.82) is 0 Å². The van der Waals surface area contributed by atoms with E-state index < -0.39 is 0 Å². The van der Waals surface area contributed by atoms with E-state index in [4.69, 9.17) is 0 Å². The second-order valence-electron chi connectivity index (χ2n) is 14.7. The second-order valence-corrected chi connectivity index (χ2v) is 14.7. The Kier molecular flexibility index (Phi) is 6.17. The van der Waals surface area contributed by atoms with E-state index in [1.807, 2.05) is 6.20 Å². The summed E-state index contributed by atoms with van der Waals surface area (Å²) in [5.41, 5.74) is 17.6. The molecular weight excluding hydrogens is 655 g/mol. The SMILES string of the molecule is C1=CC2c3cnccc3C3=CC=C(n4c5ccccc5c5cc(-c6ccc7c(c6)c6ccccc6n7-c6cccc(-c7ccccc7)c6)ccc54)C(=C1)C32. The summed E-state index contributed by atoms with van der Waals surface area (Å²) in [6, 6.07) is 53.4. The summed E-state index contributed by atoms with van der Waals surface area (Å²) in [6.07, 6.45) is 15.6.